The molecular weight excluding hydrogens is 198 g/mol. The lowest BCUT2D eigenvalue weighted by Crippen LogP contribution is -2.10. The molecule has 0 radical (unpaired) electrons. The van der Waals surface area contributed by atoms with Crippen LogP contribution in [-0.2, 0) is 0 Å². The lowest BCUT2D eigenvalue weighted by atomic mass is 10.1. The molecule has 0 aliphatic carbocycles. The maximum Gasteiger partial charge on any atom is 0.300 e. The predicted molar refractivity (Wildman–Crippen MR) is 46.5 cm³/mol. The maximum atomic E-state index is 12.0. The van der Waals surface area contributed by atoms with Crippen LogP contribution in [0.3, 0.4) is 0 Å². The molecule has 0 saturated heterocycles. The standard InChI is InChI=1S/C9H7ClF2O/c1-5-2-3-7(10)6(4-5)8(13)9(11)12/h2-4,9H,1H3. The molecule has 1 aromatic rings. The monoisotopic (exact) mass is 204 g/mol. The Balaban J connectivity index is 3.13. The molecule has 0 spiro atoms. The summed E-state index contributed by atoms with van der Waals surface area (Å²) in [6.45, 7) is 1.71. The highest BCUT2D eigenvalue weighted by molar-refractivity contribution is 6.34. The van der Waals surface area contributed by atoms with Gasteiger partial charge in [0.25, 0.3) is 0 Å². The van der Waals surface area contributed by atoms with Gasteiger partial charge in [0.2, 0.25) is 5.78 Å². The van der Waals surface area contributed by atoms with Crippen LogP contribution in [0, 0.1) is 6.92 Å². The number of alkyl halides is 2. The van der Waals surface area contributed by atoms with Crippen molar-refractivity contribution in [3.8, 4) is 0 Å². The summed E-state index contributed by atoms with van der Waals surface area (Å²) < 4.78 is 24.0. The number of halogens is 3. The molecule has 0 amide bonds. The molecule has 0 saturated carbocycles. The third kappa shape index (κ3) is 2.25. The molecule has 0 aliphatic rings. The van der Waals surface area contributed by atoms with Crippen LogP contribution in [0.4, 0.5) is 8.78 Å². The second-order valence-corrected chi connectivity index (χ2v) is 3.06. The fraction of sp³-hybridized carbons (Fsp3) is 0.222. The Hall–Kier alpha value is -0.960. The van der Waals surface area contributed by atoms with Gasteiger partial charge in [0.1, 0.15) is 0 Å². The maximum absolute atomic E-state index is 12.0. The van der Waals surface area contributed by atoms with Gasteiger partial charge in [-0.25, -0.2) is 8.78 Å². The molecule has 0 atom stereocenters. The summed E-state index contributed by atoms with van der Waals surface area (Å²) in [7, 11) is 0. The minimum atomic E-state index is -3.00. The minimum Gasteiger partial charge on any atom is -0.288 e. The van der Waals surface area contributed by atoms with Crippen LogP contribution in [0.2, 0.25) is 5.02 Å². The largest absolute Gasteiger partial charge is 0.300 e. The highest BCUT2D eigenvalue weighted by atomic mass is 35.5. The van der Waals surface area contributed by atoms with E-state index in [1.54, 1.807) is 13.0 Å². The zero-order chi connectivity index (χ0) is 10.0. The molecule has 0 fully saturated rings. The van der Waals surface area contributed by atoms with E-state index < -0.39 is 12.2 Å². The predicted octanol–water partition coefficient (Wildman–Crippen LogP) is 3.10. The van der Waals surface area contributed by atoms with E-state index in [4.69, 9.17) is 11.6 Å². The van der Waals surface area contributed by atoms with Gasteiger partial charge in [0, 0.05) is 5.56 Å². The van der Waals surface area contributed by atoms with Crippen molar-refractivity contribution in [1.29, 1.82) is 0 Å². The molecule has 0 N–H and O–H groups in total. The van der Waals surface area contributed by atoms with Gasteiger partial charge in [0.05, 0.1) is 5.02 Å². The molecule has 0 bridgehead atoms. The molecule has 0 aliphatic heterocycles. The summed E-state index contributed by atoms with van der Waals surface area (Å²) in [5, 5.41) is 0.0656. The van der Waals surface area contributed by atoms with E-state index in [9.17, 15) is 13.6 Å². The average Bonchev–Trinajstić information content (AvgIpc) is 2.08. The summed E-state index contributed by atoms with van der Waals surface area (Å²) in [5.74, 6) is -1.23. The first-order valence-corrected chi connectivity index (χ1v) is 3.98. The Labute approximate surface area is 79.3 Å². The number of hydrogen-bond acceptors (Lipinski definition) is 1. The van der Waals surface area contributed by atoms with E-state index >= 15 is 0 Å². The van der Waals surface area contributed by atoms with Crippen LogP contribution in [0.1, 0.15) is 15.9 Å². The highest BCUT2D eigenvalue weighted by Gasteiger charge is 2.20. The first kappa shape index (κ1) is 10.1. The second kappa shape index (κ2) is 3.83. The number of benzene rings is 1. The normalized spacial score (nSPS) is 10.5. The van der Waals surface area contributed by atoms with E-state index in [0.29, 0.717) is 0 Å². The number of carbonyl (C=O) groups is 1. The van der Waals surface area contributed by atoms with Crippen molar-refractivity contribution in [2.24, 2.45) is 0 Å². The van der Waals surface area contributed by atoms with Gasteiger partial charge in [-0.15, -0.1) is 0 Å². The van der Waals surface area contributed by atoms with Gasteiger partial charge in [-0.1, -0.05) is 23.2 Å². The van der Waals surface area contributed by atoms with Gasteiger partial charge in [-0.05, 0) is 19.1 Å². The van der Waals surface area contributed by atoms with Crippen LogP contribution >= 0.6 is 11.6 Å². The Morgan fingerprint density at radius 1 is 1.46 bits per heavy atom. The van der Waals surface area contributed by atoms with E-state index in [-0.39, 0.29) is 10.6 Å². The summed E-state index contributed by atoms with van der Waals surface area (Å²) in [4.78, 5) is 10.9. The summed E-state index contributed by atoms with van der Waals surface area (Å²) >= 11 is 5.58. The second-order valence-electron chi connectivity index (χ2n) is 2.65. The summed E-state index contributed by atoms with van der Waals surface area (Å²) in [6, 6.07) is 4.45. The van der Waals surface area contributed by atoms with Crippen molar-refractivity contribution in [2.45, 2.75) is 13.3 Å². The number of hydrogen-bond donors (Lipinski definition) is 0. The molecular formula is C9H7ClF2O. The van der Waals surface area contributed by atoms with Crippen LogP contribution in [0.5, 0.6) is 0 Å². The fourth-order valence-corrected chi connectivity index (χ4v) is 1.16. The van der Waals surface area contributed by atoms with E-state index in [1.165, 1.54) is 12.1 Å². The molecule has 13 heavy (non-hydrogen) atoms. The molecule has 1 aromatic carbocycles. The number of ketones is 1. The number of Topliss-reactive ketones (excluding diaryl/α,β-unsaturated/α-hetero) is 1. The Morgan fingerprint density at radius 3 is 2.62 bits per heavy atom. The number of rotatable bonds is 2. The molecule has 0 heterocycles. The molecule has 1 rings (SSSR count). The number of aryl methyl sites for hydroxylation is 1. The Kier molecular flexibility index (Phi) is 2.98. The number of carbonyl (C=O) groups excluding carboxylic acids is 1. The smallest absolute Gasteiger partial charge is 0.288 e. The SMILES string of the molecule is Cc1ccc(Cl)c(C(=O)C(F)F)c1. The van der Waals surface area contributed by atoms with Crippen molar-refractivity contribution in [1.82, 2.24) is 0 Å². The van der Waals surface area contributed by atoms with Crippen LogP contribution in [0.25, 0.3) is 0 Å². The van der Waals surface area contributed by atoms with Gasteiger partial charge in [-0.3, -0.25) is 4.79 Å². The quantitative estimate of drug-likeness (QED) is 0.677. The highest BCUT2D eigenvalue weighted by Crippen LogP contribution is 2.20. The van der Waals surface area contributed by atoms with Crippen molar-refractivity contribution in [3.05, 3.63) is 34.3 Å². The molecule has 0 aromatic heterocycles. The van der Waals surface area contributed by atoms with Gasteiger partial charge in [-0.2, -0.15) is 0 Å². The van der Waals surface area contributed by atoms with Crippen LogP contribution in [-0.4, -0.2) is 12.2 Å². The lowest BCUT2D eigenvalue weighted by molar-refractivity contribution is 0.0679. The van der Waals surface area contributed by atoms with E-state index in [1.807, 2.05) is 0 Å². The van der Waals surface area contributed by atoms with Crippen molar-refractivity contribution >= 4 is 17.4 Å². The zero-order valence-corrected chi connectivity index (χ0v) is 7.61. The van der Waals surface area contributed by atoms with E-state index in [2.05, 4.69) is 0 Å². The van der Waals surface area contributed by atoms with Crippen LogP contribution < -0.4 is 0 Å². The fourth-order valence-electron chi connectivity index (χ4n) is 0.945. The van der Waals surface area contributed by atoms with Gasteiger partial charge < -0.3 is 0 Å². The van der Waals surface area contributed by atoms with Gasteiger partial charge in [0.15, 0.2) is 0 Å². The average molecular weight is 205 g/mol. The van der Waals surface area contributed by atoms with Crippen molar-refractivity contribution < 1.29 is 13.6 Å². The van der Waals surface area contributed by atoms with E-state index in [0.717, 1.165) is 5.56 Å². The van der Waals surface area contributed by atoms with Crippen molar-refractivity contribution in [3.63, 3.8) is 0 Å². The third-order valence-corrected chi connectivity index (χ3v) is 1.92. The summed E-state index contributed by atoms with van der Waals surface area (Å²) in [5.41, 5.74) is 0.616. The molecule has 0 unspecified atom stereocenters. The molecule has 70 valence electrons. The molecule has 4 heteroatoms. The topological polar surface area (TPSA) is 17.1 Å². The van der Waals surface area contributed by atoms with Crippen molar-refractivity contribution in [2.75, 3.05) is 0 Å². The van der Waals surface area contributed by atoms with Crippen LogP contribution in [0.15, 0.2) is 18.2 Å². The lowest BCUT2D eigenvalue weighted by Gasteiger charge is -2.03. The van der Waals surface area contributed by atoms with Gasteiger partial charge >= 0.3 is 6.43 Å². The third-order valence-electron chi connectivity index (χ3n) is 1.59. The summed E-state index contributed by atoms with van der Waals surface area (Å²) in [6.07, 6.45) is -3.00. The first-order chi connectivity index (χ1) is 6.02. The first-order valence-electron chi connectivity index (χ1n) is 3.61. The minimum absolute atomic E-state index is 0.0656. The zero-order valence-electron chi connectivity index (χ0n) is 6.85. The molecule has 1 nitrogen and oxygen atoms in total. The Morgan fingerprint density at radius 2 is 2.08 bits per heavy atom. The Bertz CT molecular complexity index is 336.